The maximum Gasteiger partial charge on any atom is 0.321 e. The molecular weight excluding hydrogens is 109 g/mol. The molecule has 0 radical (unpaired) electrons. The predicted molar refractivity (Wildman–Crippen MR) is 29.5 cm³/mol. The molecule has 4 nitrogen and oxygen atoms in total. The highest BCUT2D eigenvalue weighted by atomic mass is 16.4. The molecule has 0 unspecified atom stereocenters. The van der Waals surface area contributed by atoms with Crippen LogP contribution in [-0.2, 0) is 4.79 Å². The Morgan fingerprint density at radius 1 is 2.00 bits per heavy atom. The van der Waals surface area contributed by atoms with Crippen molar-refractivity contribution in [3.05, 3.63) is 0 Å². The summed E-state index contributed by atoms with van der Waals surface area (Å²) in [7, 11) is 1.66. The molecule has 48 valence electrons. The van der Waals surface area contributed by atoms with Crippen LogP contribution in [0.25, 0.3) is 0 Å². The van der Waals surface area contributed by atoms with E-state index >= 15 is 0 Å². The number of carboxylic acids is 1. The Bertz CT molecular complexity index is 84.1. The summed E-state index contributed by atoms with van der Waals surface area (Å²) >= 11 is 0. The number of aliphatic carboxylic acids is 1. The molecule has 1 atom stereocenters. The normalized spacial score (nSPS) is 13.2. The first-order chi connectivity index (χ1) is 3.68. The molecule has 4 heteroatoms. The van der Waals surface area contributed by atoms with Crippen LogP contribution in [0.3, 0.4) is 0 Å². The minimum atomic E-state index is -0.973. The number of carbonyl (C=O) groups is 1. The van der Waals surface area contributed by atoms with Gasteiger partial charge in [0.05, 0.1) is 0 Å². The SMILES string of the molecule is C[15NH]C[C@H](N)C(=O)O. The smallest absolute Gasteiger partial charge is 0.321 e. The third kappa shape index (κ3) is 2.54. The summed E-state index contributed by atoms with van der Waals surface area (Å²) in [5.41, 5.74) is 5.06. The molecular formula is C4H10N2O2. The van der Waals surface area contributed by atoms with Crippen molar-refractivity contribution >= 4 is 5.97 Å². The van der Waals surface area contributed by atoms with Crippen molar-refractivity contribution in [3.63, 3.8) is 0 Å². The highest BCUT2D eigenvalue weighted by Crippen LogP contribution is 1.71. The second-order valence-corrected chi connectivity index (χ2v) is 1.50. The maximum absolute atomic E-state index is 9.92. The Hall–Kier alpha value is -0.610. The molecule has 0 amide bonds. The van der Waals surface area contributed by atoms with Crippen LogP contribution < -0.4 is 11.1 Å². The summed E-state index contributed by atoms with van der Waals surface area (Å²) in [6.45, 7) is 0.315. The number of nitrogens with two attached hydrogens (primary N) is 1. The van der Waals surface area contributed by atoms with E-state index in [1.807, 2.05) is 0 Å². The van der Waals surface area contributed by atoms with E-state index in [-0.39, 0.29) is 0 Å². The van der Waals surface area contributed by atoms with Crippen molar-refractivity contribution in [1.82, 2.24) is 5.32 Å². The Morgan fingerprint density at radius 3 is 2.62 bits per heavy atom. The van der Waals surface area contributed by atoms with Gasteiger partial charge in [-0.15, -0.1) is 0 Å². The molecule has 4 N–H and O–H groups in total. The van der Waals surface area contributed by atoms with Crippen LogP contribution >= 0.6 is 0 Å². The lowest BCUT2D eigenvalue weighted by Crippen LogP contribution is -2.38. The van der Waals surface area contributed by atoms with Gasteiger partial charge >= 0.3 is 5.97 Å². The van der Waals surface area contributed by atoms with E-state index in [2.05, 4.69) is 5.32 Å². The van der Waals surface area contributed by atoms with Crippen molar-refractivity contribution < 1.29 is 9.90 Å². The quantitative estimate of drug-likeness (QED) is 0.400. The Balaban J connectivity index is 3.32. The molecule has 0 aliphatic rings. The van der Waals surface area contributed by atoms with E-state index in [1.54, 1.807) is 7.05 Å². The lowest BCUT2D eigenvalue weighted by atomic mass is 10.3. The van der Waals surface area contributed by atoms with E-state index in [0.717, 1.165) is 0 Å². The van der Waals surface area contributed by atoms with E-state index in [9.17, 15) is 4.79 Å². The second kappa shape index (κ2) is 3.40. The van der Waals surface area contributed by atoms with Gasteiger partial charge in [-0.3, -0.25) is 4.79 Å². The Kier molecular flexibility index (Phi) is 3.14. The molecule has 0 aromatic heterocycles. The van der Waals surface area contributed by atoms with Gasteiger partial charge in [0.25, 0.3) is 0 Å². The topological polar surface area (TPSA) is 75.3 Å². The summed E-state index contributed by atoms with van der Waals surface area (Å²) in [4.78, 5) is 9.92. The molecule has 0 rings (SSSR count). The number of likely N-dealkylation sites (N-methyl/N-ethyl adjacent to an activating group) is 1. The van der Waals surface area contributed by atoms with Crippen molar-refractivity contribution in [3.8, 4) is 0 Å². The average Bonchev–Trinajstić information content (AvgIpc) is 1.67. The number of hydrogen-bond donors (Lipinski definition) is 3. The van der Waals surface area contributed by atoms with Crippen molar-refractivity contribution in [2.75, 3.05) is 13.6 Å². The lowest BCUT2D eigenvalue weighted by Gasteiger charge is -2.02. The van der Waals surface area contributed by atoms with Crippen molar-refractivity contribution in [2.45, 2.75) is 6.04 Å². The first-order valence-electron chi connectivity index (χ1n) is 2.31. The zero-order valence-electron chi connectivity index (χ0n) is 4.72. The Morgan fingerprint density at radius 2 is 2.50 bits per heavy atom. The summed E-state index contributed by atoms with van der Waals surface area (Å²) in [5, 5.41) is 10.8. The summed E-state index contributed by atoms with van der Waals surface area (Å²) in [6, 6.07) is -0.778. The molecule has 0 heterocycles. The maximum atomic E-state index is 9.92. The highest BCUT2D eigenvalue weighted by molar-refractivity contribution is 5.73. The zero-order valence-corrected chi connectivity index (χ0v) is 4.72. The summed E-state index contributed by atoms with van der Waals surface area (Å²) in [5.74, 6) is -0.973. The fraction of sp³-hybridized carbons (Fsp3) is 0.750. The fourth-order valence-corrected chi connectivity index (χ4v) is 0.307. The molecule has 0 fully saturated rings. The molecule has 8 heavy (non-hydrogen) atoms. The molecule has 0 aromatic rings. The van der Waals surface area contributed by atoms with Crippen molar-refractivity contribution in [1.29, 1.82) is 0 Å². The lowest BCUT2D eigenvalue weighted by molar-refractivity contribution is -0.138. The molecule has 0 aromatic carbocycles. The minimum Gasteiger partial charge on any atom is -0.480 e. The second-order valence-electron chi connectivity index (χ2n) is 1.50. The monoisotopic (exact) mass is 119 g/mol. The minimum absolute atomic E-state index is 0.315. The first kappa shape index (κ1) is 7.39. The third-order valence-corrected chi connectivity index (χ3v) is 0.741. The van der Waals surface area contributed by atoms with Gasteiger partial charge in [0.2, 0.25) is 0 Å². The fourth-order valence-electron chi connectivity index (χ4n) is 0.307. The van der Waals surface area contributed by atoms with Crippen LogP contribution in [0.2, 0.25) is 0 Å². The number of hydrogen-bond acceptors (Lipinski definition) is 3. The van der Waals surface area contributed by atoms with Gasteiger partial charge in [0, 0.05) is 6.54 Å². The molecule has 0 aliphatic carbocycles. The highest BCUT2D eigenvalue weighted by Gasteiger charge is 2.07. The zero-order chi connectivity index (χ0) is 6.57. The largest absolute Gasteiger partial charge is 0.480 e. The van der Waals surface area contributed by atoms with Gasteiger partial charge in [0.1, 0.15) is 6.04 Å². The number of nitrogens with one attached hydrogen (secondary N) is 1. The first-order valence-corrected chi connectivity index (χ1v) is 2.31. The van der Waals surface area contributed by atoms with Gasteiger partial charge in [-0.1, -0.05) is 0 Å². The number of carboxylic acid groups (broad SMARTS) is 1. The van der Waals surface area contributed by atoms with Gasteiger partial charge in [-0.05, 0) is 7.05 Å². The summed E-state index contributed by atoms with van der Waals surface area (Å²) < 4.78 is 0. The van der Waals surface area contributed by atoms with E-state index in [0.29, 0.717) is 6.54 Å². The number of rotatable bonds is 3. The molecule has 0 saturated carbocycles. The van der Waals surface area contributed by atoms with Crippen LogP contribution in [0.1, 0.15) is 0 Å². The Labute approximate surface area is 47.7 Å². The summed E-state index contributed by atoms with van der Waals surface area (Å²) in [6.07, 6.45) is 0. The van der Waals surface area contributed by atoms with Crippen LogP contribution in [0.5, 0.6) is 0 Å². The molecule has 0 aliphatic heterocycles. The van der Waals surface area contributed by atoms with E-state index in [4.69, 9.17) is 10.8 Å². The third-order valence-electron chi connectivity index (χ3n) is 0.741. The van der Waals surface area contributed by atoms with Crippen LogP contribution in [0.4, 0.5) is 0 Å². The predicted octanol–water partition coefficient (Wildman–Crippen LogP) is -1.38. The van der Waals surface area contributed by atoms with Gasteiger partial charge in [-0.25, -0.2) is 0 Å². The van der Waals surface area contributed by atoms with Gasteiger partial charge in [0.15, 0.2) is 0 Å². The van der Waals surface area contributed by atoms with E-state index in [1.165, 1.54) is 0 Å². The van der Waals surface area contributed by atoms with Crippen molar-refractivity contribution in [2.24, 2.45) is 5.73 Å². The average molecular weight is 119 g/mol. The van der Waals surface area contributed by atoms with Gasteiger partial charge in [-0.2, -0.15) is 0 Å². The van der Waals surface area contributed by atoms with Crippen LogP contribution in [-0.4, -0.2) is 30.7 Å². The van der Waals surface area contributed by atoms with E-state index < -0.39 is 12.0 Å². The van der Waals surface area contributed by atoms with Gasteiger partial charge < -0.3 is 16.2 Å². The van der Waals surface area contributed by atoms with Crippen LogP contribution in [0, 0.1) is 0 Å². The van der Waals surface area contributed by atoms with Crippen LogP contribution in [0.15, 0.2) is 0 Å². The standard InChI is InChI=1S/C4H10N2O2/c1-6-2-3(5)4(7)8/h3,6H,2,5H2,1H3,(H,7,8)/t3-/m0/s1/i6+1. The molecule has 0 spiro atoms. The molecule has 0 bridgehead atoms. The molecule has 0 saturated heterocycles.